The maximum absolute atomic E-state index is 12.9. The predicted molar refractivity (Wildman–Crippen MR) is 60.1 cm³/mol. The molecular weight excluding hydrogens is 239 g/mol. The van der Waals surface area contributed by atoms with E-state index in [0.717, 1.165) is 16.0 Å². The van der Waals surface area contributed by atoms with E-state index in [-0.39, 0.29) is 12.4 Å². The molecule has 0 aromatic heterocycles. The summed E-state index contributed by atoms with van der Waals surface area (Å²) in [5.41, 5.74) is 1.57. The highest BCUT2D eigenvalue weighted by Gasteiger charge is 2.36. The van der Waals surface area contributed by atoms with Crippen LogP contribution in [0.4, 0.5) is 9.18 Å². The third-order valence-corrected chi connectivity index (χ3v) is 2.81. The fourth-order valence-electron chi connectivity index (χ4n) is 1.81. The Labute approximate surface area is 103 Å². The van der Waals surface area contributed by atoms with Gasteiger partial charge in [0.2, 0.25) is 0 Å². The Morgan fingerprint density at radius 2 is 2.00 bits per heavy atom. The van der Waals surface area contributed by atoms with Gasteiger partial charge in [0.25, 0.3) is 0 Å². The molecule has 0 aliphatic carbocycles. The lowest BCUT2D eigenvalue weighted by atomic mass is 10.1. The van der Waals surface area contributed by atoms with E-state index in [9.17, 15) is 18.8 Å². The molecule has 0 unspecified atom stereocenters. The third kappa shape index (κ3) is 2.22. The molecular formula is C12H11FN2O3. The Morgan fingerprint density at radius 3 is 2.56 bits per heavy atom. The molecule has 1 heterocycles. The number of halogens is 1. The fraction of sp³-hybridized carbons (Fsp3) is 0.250. The number of hydrogen-bond acceptors (Lipinski definition) is 3. The van der Waals surface area contributed by atoms with Crippen LogP contribution in [0.3, 0.4) is 0 Å². The minimum atomic E-state index is -0.907. The van der Waals surface area contributed by atoms with Crippen molar-refractivity contribution in [2.75, 3.05) is 6.54 Å². The van der Waals surface area contributed by atoms with Crippen molar-refractivity contribution in [3.63, 3.8) is 0 Å². The molecule has 2 rings (SSSR count). The van der Waals surface area contributed by atoms with Crippen LogP contribution in [0.5, 0.6) is 0 Å². The Hall–Kier alpha value is -2.24. The number of hydrogen-bond donors (Lipinski definition) is 1. The summed E-state index contributed by atoms with van der Waals surface area (Å²) in [6.07, 6.45) is 0.387. The lowest BCUT2D eigenvalue weighted by molar-refractivity contribution is -0.140. The molecule has 1 aliphatic heterocycles. The van der Waals surface area contributed by atoms with Crippen molar-refractivity contribution >= 4 is 17.8 Å². The molecule has 0 bridgehead atoms. The first-order chi connectivity index (χ1) is 8.49. The van der Waals surface area contributed by atoms with Crippen molar-refractivity contribution in [3.05, 3.63) is 35.1 Å². The van der Waals surface area contributed by atoms with E-state index in [2.05, 4.69) is 0 Å². The number of amides is 4. The standard InChI is InChI=1S/C12H11FN2O3/c1-7-6-9(13)3-2-8(7)4-5-15-11(17)10(16)14-12(15)18/h2-3,6H,4-5H2,1H3,(H,14,16,18). The molecule has 0 saturated carbocycles. The molecule has 4 amide bonds. The molecule has 1 aliphatic rings. The van der Waals surface area contributed by atoms with Gasteiger partial charge in [-0.3, -0.25) is 19.8 Å². The average molecular weight is 250 g/mol. The highest BCUT2D eigenvalue weighted by Crippen LogP contribution is 2.12. The molecule has 18 heavy (non-hydrogen) atoms. The summed E-state index contributed by atoms with van der Waals surface area (Å²) < 4.78 is 12.9. The van der Waals surface area contributed by atoms with Crippen LogP contribution in [0.2, 0.25) is 0 Å². The molecule has 0 spiro atoms. The SMILES string of the molecule is Cc1cc(F)ccc1CCN1C(=O)NC(=O)C1=O. The topological polar surface area (TPSA) is 66.5 Å². The number of nitrogens with one attached hydrogen (secondary N) is 1. The summed E-state index contributed by atoms with van der Waals surface area (Å²) in [6, 6.07) is 3.60. The Morgan fingerprint density at radius 1 is 1.28 bits per heavy atom. The van der Waals surface area contributed by atoms with Crippen molar-refractivity contribution in [1.82, 2.24) is 10.2 Å². The summed E-state index contributed by atoms with van der Waals surface area (Å²) in [4.78, 5) is 34.4. The van der Waals surface area contributed by atoms with Gasteiger partial charge in [-0.15, -0.1) is 0 Å². The van der Waals surface area contributed by atoms with Gasteiger partial charge in [0.15, 0.2) is 0 Å². The molecule has 1 N–H and O–H groups in total. The normalized spacial score (nSPS) is 15.2. The molecule has 6 heteroatoms. The second kappa shape index (κ2) is 4.56. The van der Waals surface area contributed by atoms with Gasteiger partial charge in [-0.25, -0.2) is 9.18 Å². The molecule has 1 aromatic carbocycles. The maximum Gasteiger partial charge on any atom is 0.331 e. The Balaban J connectivity index is 2.06. The smallest absolute Gasteiger partial charge is 0.269 e. The van der Waals surface area contributed by atoms with Crippen molar-refractivity contribution in [3.8, 4) is 0 Å². The van der Waals surface area contributed by atoms with Crippen molar-refractivity contribution in [2.24, 2.45) is 0 Å². The van der Waals surface area contributed by atoms with Crippen LogP contribution >= 0.6 is 0 Å². The molecule has 0 radical (unpaired) electrons. The summed E-state index contributed by atoms with van der Waals surface area (Å²) in [6.45, 7) is 1.85. The minimum Gasteiger partial charge on any atom is -0.269 e. The van der Waals surface area contributed by atoms with E-state index in [1.54, 1.807) is 13.0 Å². The monoisotopic (exact) mass is 250 g/mol. The zero-order valence-electron chi connectivity index (χ0n) is 9.70. The molecule has 94 valence electrons. The Bertz CT molecular complexity index is 542. The van der Waals surface area contributed by atoms with Gasteiger partial charge in [0.05, 0.1) is 0 Å². The molecule has 1 fully saturated rings. The van der Waals surface area contributed by atoms with Gasteiger partial charge in [-0.05, 0) is 36.6 Å². The lowest BCUT2D eigenvalue weighted by Gasteiger charge is -2.12. The van der Waals surface area contributed by atoms with E-state index in [1.807, 2.05) is 5.32 Å². The number of benzene rings is 1. The molecule has 1 saturated heterocycles. The fourth-order valence-corrected chi connectivity index (χ4v) is 1.81. The van der Waals surface area contributed by atoms with Crippen LogP contribution in [0.25, 0.3) is 0 Å². The van der Waals surface area contributed by atoms with Gasteiger partial charge >= 0.3 is 17.8 Å². The second-order valence-electron chi connectivity index (χ2n) is 4.04. The number of carbonyl (C=O) groups excluding carboxylic acids is 3. The number of urea groups is 1. The van der Waals surface area contributed by atoms with E-state index in [0.29, 0.717) is 6.42 Å². The first kappa shape index (κ1) is 12.2. The third-order valence-electron chi connectivity index (χ3n) is 2.81. The van der Waals surface area contributed by atoms with E-state index in [4.69, 9.17) is 0 Å². The van der Waals surface area contributed by atoms with E-state index >= 15 is 0 Å². The van der Waals surface area contributed by atoms with E-state index in [1.165, 1.54) is 12.1 Å². The summed E-state index contributed by atoms with van der Waals surface area (Å²) in [7, 11) is 0. The van der Waals surface area contributed by atoms with Crippen LogP contribution in [-0.4, -0.2) is 29.3 Å². The van der Waals surface area contributed by atoms with Crippen LogP contribution in [0.15, 0.2) is 18.2 Å². The molecule has 5 nitrogen and oxygen atoms in total. The first-order valence-corrected chi connectivity index (χ1v) is 5.41. The van der Waals surface area contributed by atoms with Gasteiger partial charge in [0.1, 0.15) is 5.82 Å². The van der Waals surface area contributed by atoms with Gasteiger partial charge < -0.3 is 0 Å². The summed E-state index contributed by atoms with van der Waals surface area (Å²) in [5, 5.41) is 1.92. The minimum absolute atomic E-state index is 0.100. The average Bonchev–Trinajstić information content (AvgIpc) is 2.53. The zero-order chi connectivity index (χ0) is 13.3. The molecule has 0 atom stereocenters. The number of nitrogens with zero attached hydrogens (tertiary/aromatic N) is 1. The van der Waals surface area contributed by atoms with Crippen molar-refractivity contribution < 1.29 is 18.8 Å². The number of imide groups is 2. The summed E-state index contributed by atoms with van der Waals surface area (Å²) in [5.74, 6) is -2.09. The van der Waals surface area contributed by atoms with Crippen LogP contribution in [0, 0.1) is 12.7 Å². The van der Waals surface area contributed by atoms with Gasteiger partial charge in [-0.1, -0.05) is 6.07 Å². The maximum atomic E-state index is 12.9. The van der Waals surface area contributed by atoms with Crippen LogP contribution in [0.1, 0.15) is 11.1 Å². The first-order valence-electron chi connectivity index (χ1n) is 5.41. The van der Waals surface area contributed by atoms with Crippen LogP contribution < -0.4 is 5.32 Å². The van der Waals surface area contributed by atoms with Crippen LogP contribution in [-0.2, 0) is 16.0 Å². The number of rotatable bonds is 3. The second-order valence-corrected chi connectivity index (χ2v) is 4.04. The highest BCUT2D eigenvalue weighted by atomic mass is 19.1. The Kier molecular flexibility index (Phi) is 3.10. The van der Waals surface area contributed by atoms with Gasteiger partial charge in [0, 0.05) is 6.54 Å². The van der Waals surface area contributed by atoms with Gasteiger partial charge in [-0.2, -0.15) is 0 Å². The highest BCUT2D eigenvalue weighted by molar-refractivity contribution is 6.44. The molecule has 1 aromatic rings. The predicted octanol–water partition coefficient (Wildman–Crippen LogP) is 0.755. The quantitative estimate of drug-likeness (QED) is 0.636. The zero-order valence-corrected chi connectivity index (χ0v) is 9.70. The largest absolute Gasteiger partial charge is 0.331 e. The van der Waals surface area contributed by atoms with E-state index < -0.39 is 17.8 Å². The lowest BCUT2D eigenvalue weighted by Crippen LogP contribution is -2.33. The van der Waals surface area contributed by atoms with Crippen molar-refractivity contribution in [1.29, 1.82) is 0 Å². The summed E-state index contributed by atoms with van der Waals surface area (Å²) >= 11 is 0. The van der Waals surface area contributed by atoms with Crippen molar-refractivity contribution in [2.45, 2.75) is 13.3 Å². The number of carbonyl (C=O) groups is 3. The number of aryl methyl sites for hydroxylation is 1.